The molecule has 0 radical (unpaired) electrons. The Labute approximate surface area is 129 Å². The second-order valence-electron chi connectivity index (χ2n) is 4.73. The highest BCUT2D eigenvalue weighted by Crippen LogP contribution is 2.28. The topological polar surface area (TPSA) is 147 Å². The quantitative estimate of drug-likeness (QED) is 0.463. The van der Waals surface area contributed by atoms with E-state index in [4.69, 9.17) is 5.11 Å². The van der Waals surface area contributed by atoms with Crippen LogP contribution in [0.25, 0.3) is 0 Å². The van der Waals surface area contributed by atoms with E-state index in [0.29, 0.717) is 5.56 Å². The van der Waals surface area contributed by atoms with Crippen molar-refractivity contribution in [1.29, 1.82) is 0 Å². The Morgan fingerprint density at radius 1 is 0.826 bits per heavy atom. The van der Waals surface area contributed by atoms with Crippen LogP contribution >= 0.6 is 0 Å². The fourth-order valence-corrected chi connectivity index (χ4v) is 1.99. The third-order valence-corrected chi connectivity index (χ3v) is 2.99. The third-order valence-electron chi connectivity index (χ3n) is 2.99. The molecule has 0 aromatic heterocycles. The first kappa shape index (κ1) is 16.0. The number of benzene rings is 2. The number of phenolic OH excluding ortho intramolecular Hbond substituents is 3. The molecule has 0 saturated heterocycles. The van der Waals surface area contributed by atoms with E-state index in [-0.39, 0.29) is 18.0 Å². The van der Waals surface area contributed by atoms with Gasteiger partial charge in [-0.3, -0.25) is 4.79 Å². The SMILES string of the molecule is O=C(O)c1cc(O)cc(C(=O)NCc2cc(O)cc(O)c2)c1O. The van der Waals surface area contributed by atoms with Gasteiger partial charge in [-0.25, -0.2) is 4.79 Å². The molecule has 8 heteroatoms. The lowest BCUT2D eigenvalue weighted by atomic mass is 10.1. The molecule has 0 aliphatic heterocycles. The lowest BCUT2D eigenvalue weighted by Crippen LogP contribution is -2.23. The Morgan fingerprint density at radius 3 is 1.91 bits per heavy atom. The van der Waals surface area contributed by atoms with Gasteiger partial charge in [0.25, 0.3) is 5.91 Å². The minimum atomic E-state index is -1.50. The molecule has 8 nitrogen and oxygen atoms in total. The van der Waals surface area contributed by atoms with Crippen LogP contribution in [0.4, 0.5) is 0 Å². The van der Waals surface area contributed by atoms with Crippen molar-refractivity contribution >= 4 is 11.9 Å². The summed E-state index contributed by atoms with van der Waals surface area (Å²) in [5, 5.41) is 49.2. The van der Waals surface area contributed by atoms with Gasteiger partial charge in [0.1, 0.15) is 28.6 Å². The lowest BCUT2D eigenvalue weighted by Gasteiger charge is -2.10. The van der Waals surface area contributed by atoms with Crippen LogP contribution in [0, 0.1) is 0 Å². The summed E-state index contributed by atoms with van der Waals surface area (Å²) in [5.41, 5.74) is -0.633. The van der Waals surface area contributed by atoms with Crippen LogP contribution in [0.2, 0.25) is 0 Å². The molecular formula is C15H13NO7. The van der Waals surface area contributed by atoms with Crippen LogP contribution in [0.5, 0.6) is 23.0 Å². The molecule has 1 amide bonds. The van der Waals surface area contributed by atoms with Gasteiger partial charge in [0, 0.05) is 12.6 Å². The summed E-state index contributed by atoms with van der Waals surface area (Å²) in [6.45, 7) is -0.0989. The predicted molar refractivity (Wildman–Crippen MR) is 77.7 cm³/mol. The minimum Gasteiger partial charge on any atom is -0.508 e. The average molecular weight is 319 g/mol. The van der Waals surface area contributed by atoms with Gasteiger partial charge in [0.2, 0.25) is 0 Å². The van der Waals surface area contributed by atoms with Gasteiger partial charge in [-0.1, -0.05) is 0 Å². The molecule has 0 aliphatic carbocycles. The van der Waals surface area contributed by atoms with E-state index in [9.17, 15) is 30.0 Å². The first-order valence-electron chi connectivity index (χ1n) is 6.37. The second-order valence-corrected chi connectivity index (χ2v) is 4.73. The first-order valence-corrected chi connectivity index (χ1v) is 6.37. The number of amides is 1. The zero-order valence-corrected chi connectivity index (χ0v) is 11.6. The zero-order valence-electron chi connectivity index (χ0n) is 11.6. The zero-order chi connectivity index (χ0) is 17.1. The lowest BCUT2D eigenvalue weighted by molar-refractivity contribution is 0.0693. The maximum Gasteiger partial charge on any atom is 0.339 e. The monoisotopic (exact) mass is 319 g/mol. The molecule has 0 bridgehead atoms. The summed E-state index contributed by atoms with van der Waals surface area (Å²) in [4.78, 5) is 23.0. The summed E-state index contributed by atoms with van der Waals surface area (Å²) in [7, 11) is 0. The highest BCUT2D eigenvalue weighted by atomic mass is 16.4. The number of phenols is 4. The smallest absolute Gasteiger partial charge is 0.339 e. The number of carboxylic acids is 1. The number of carboxylic acid groups (broad SMARTS) is 1. The van der Waals surface area contributed by atoms with Crippen LogP contribution in [0.15, 0.2) is 30.3 Å². The maximum atomic E-state index is 12.0. The summed E-state index contributed by atoms with van der Waals surface area (Å²) < 4.78 is 0. The van der Waals surface area contributed by atoms with Crippen molar-refractivity contribution in [2.24, 2.45) is 0 Å². The number of aromatic hydroxyl groups is 4. The van der Waals surface area contributed by atoms with Crippen molar-refractivity contribution in [1.82, 2.24) is 5.32 Å². The molecule has 0 spiro atoms. The van der Waals surface area contributed by atoms with Gasteiger partial charge in [0.05, 0.1) is 5.56 Å². The van der Waals surface area contributed by atoms with Gasteiger partial charge in [-0.2, -0.15) is 0 Å². The summed E-state index contributed by atoms with van der Waals surface area (Å²) in [5.74, 6) is -3.97. The minimum absolute atomic E-state index is 0.0989. The Hall–Kier alpha value is -3.42. The van der Waals surface area contributed by atoms with Crippen molar-refractivity contribution in [3.63, 3.8) is 0 Å². The van der Waals surface area contributed by atoms with Crippen LogP contribution in [-0.2, 0) is 6.54 Å². The van der Waals surface area contributed by atoms with Crippen molar-refractivity contribution in [3.8, 4) is 23.0 Å². The van der Waals surface area contributed by atoms with E-state index < -0.39 is 34.5 Å². The van der Waals surface area contributed by atoms with Crippen molar-refractivity contribution in [2.75, 3.05) is 0 Å². The molecule has 2 aromatic rings. The van der Waals surface area contributed by atoms with E-state index in [1.54, 1.807) is 0 Å². The van der Waals surface area contributed by atoms with E-state index in [1.807, 2.05) is 0 Å². The van der Waals surface area contributed by atoms with Gasteiger partial charge < -0.3 is 30.8 Å². The van der Waals surface area contributed by atoms with Gasteiger partial charge >= 0.3 is 5.97 Å². The number of aromatic carboxylic acids is 1. The summed E-state index contributed by atoms with van der Waals surface area (Å²) in [6, 6.07) is 5.49. The maximum absolute atomic E-state index is 12.0. The number of hydrogen-bond donors (Lipinski definition) is 6. The number of carbonyl (C=O) groups is 2. The summed E-state index contributed by atoms with van der Waals surface area (Å²) >= 11 is 0. The standard InChI is InChI=1S/C15H13NO7/c17-8-1-7(2-9(18)3-8)6-16-14(21)11-4-10(19)5-12(13(11)20)15(22)23/h1-5,17-20H,6H2,(H,16,21)(H,22,23). The molecule has 23 heavy (non-hydrogen) atoms. The van der Waals surface area contributed by atoms with E-state index in [0.717, 1.165) is 18.2 Å². The molecule has 2 aromatic carbocycles. The first-order chi connectivity index (χ1) is 10.8. The number of carbonyl (C=O) groups excluding carboxylic acids is 1. The normalized spacial score (nSPS) is 10.3. The van der Waals surface area contributed by atoms with E-state index in [1.165, 1.54) is 12.1 Å². The second kappa shape index (κ2) is 6.14. The number of hydrogen-bond acceptors (Lipinski definition) is 6. The van der Waals surface area contributed by atoms with Crippen molar-refractivity contribution in [2.45, 2.75) is 6.54 Å². The van der Waals surface area contributed by atoms with Crippen LogP contribution in [0.1, 0.15) is 26.3 Å². The predicted octanol–water partition coefficient (Wildman–Crippen LogP) is 1.14. The van der Waals surface area contributed by atoms with Crippen LogP contribution in [0.3, 0.4) is 0 Å². The highest BCUT2D eigenvalue weighted by molar-refractivity contribution is 6.02. The fraction of sp³-hybridized carbons (Fsp3) is 0.0667. The van der Waals surface area contributed by atoms with Gasteiger partial charge in [0.15, 0.2) is 0 Å². The number of rotatable bonds is 4. The molecule has 0 aliphatic rings. The van der Waals surface area contributed by atoms with E-state index in [2.05, 4.69) is 5.32 Å². The molecule has 0 fully saturated rings. The van der Waals surface area contributed by atoms with Crippen LogP contribution in [-0.4, -0.2) is 37.4 Å². The molecule has 0 atom stereocenters. The Balaban J connectivity index is 2.22. The largest absolute Gasteiger partial charge is 0.508 e. The molecule has 6 N–H and O–H groups in total. The van der Waals surface area contributed by atoms with Gasteiger partial charge in [-0.05, 0) is 29.8 Å². The molecule has 2 rings (SSSR count). The molecular weight excluding hydrogens is 306 g/mol. The Kier molecular flexibility index (Phi) is 4.26. The fourth-order valence-electron chi connectivity index (χ4n) is 1.99. The molecule has 0 saturated carbocycles. The van der Waals surface area contributed by atoms with E-state index >= 15 is 0 Å². The van der Waals surface area contributed by atoms with Crippen molar-refractivity contribution in [3.05, 3.63) is 47.0 Å². The third kappa shape index (κ3) is 3.62. The number of nitrogens with one attached hydrogen (secondary N) is 1. The van der Waals surface area contributed by atoms with Gasteiger partial charge in [-0.15, -0.1) is 0 Å². The molecule has 0 unspecified atom stereocenters. The van der Waals surface area contributed by atoms with Crippen molar-refractivity contribution < 1.29 is 35.1 Å². The Morgan fingerprint density at radius 2 is 1.35 bits per heavy atom. The molecule has 120 valence electrons. The average Bonchev–Trinajstić information content (AvgIpc) is 2.45. The highest BCUT2D eigenvalue weighted by Gasteiger charge is 2.20. The molecule has 0 heterocycles. The van der Waals surface area contributed by atoms with Crippen LogP contribution < -0.4 is 5.32 Å². The summed E-state index contributed by atoms with van der Waals surface area (Å²) in [6.07, 6.45) is 0. The Bertz CT molecular complexity index is 765.